The maximum atomic E-state index is 14.1. The zero-order valence-corrected chi connectivity index (χ0v) is 28.5. The van der Waals surface area contributed by atoms with Crippen LogP contribution < -0.4 is 15.9 Å². The topological polar surface area (TPSA) is 0 Å². The summed E-state index contributed by atoms with van der Waals surface area (Å²) in [6.07, 6.45) is 1.90. The summed E-state index contributed by atoms with van der Waals surface area (Å²) in [5.74, 6) is 2.47. The van der Waals surface area contributed by atoms with Crippen molar-refractivity contribution in [3.05, 3.63) is 88.5 Å². The summed E-state index contributed by atoms with van der Waals surface area (Å²) < 4.78 is 42.2. The smallest absolute Gasteiger partial charge is 0.166 e. The van der Waals surface area contributed by atoms with Crippen LogP contribution in [0.15, 0.2) is 60.7 Å². The molecule has 0 nitrogen and oxygen atoms in total. The summed E-state index contributed by atoms with van der Waals surface area (Å²) in [7, 11) is -1.26. The first-order valence-electron chi connectivity index (χ1n) is 15.6. The Labute approximate surface area is 255 Å². The van der Waals surface area contributed by atoms with Crippen molar-refractivity contribution in [1.29, 1.82) is 0 Å². The number of hydrogen-bond acceptors (Lipinski definition) is 0. The van der Waals surface area contributed by atoms with E-state index in [1.165, 1.54) is 48.2 Å². The lowest BCUT2D eigenvalue weighted by Gasteiger charge is -2.36. The minimum atomic E-state index is -4.38. The van der Waals surface area contributed by atoms with Crippen LogP contribution >= 0.6 is 15.8 Å². The molecule has 3 aromatic rings. The molecule has 0 aliphatic heterocycles. The van der Waals surface area contributed by atoms with Crippen LogP contribution in [0.25, 0.3) is 0 Å². The summed E-state index contributed by atoms with van der Waals surface area (Å²) in [5, 5.41) is 3.16. The maximum Gasteiger partial charge on any atom is 0.416 e. The highest BCUT2D eigenvalue weighted by atomic mass is 31.1. The highest BCUT2D eigenvalue weighted by molar-refractivity contribution is 7.80. The molecule has 228 valence electrons. The summed E-state index contributed by atoms with van der Waals surface area (Å²) in [6, 6.07) is 20.0. The van der Waals surface area contributed by atoms with Crippen molar-refractivity contribution in [3.63, 3.8) is 0 Å². The van der Waals surface area contributed by atoms with Crippen molar-refractivity contribution in [1.82, 2.24) is 0 Å². The molecule has 0 aromatic heterocycles. The predicted molar refractivity (Wildman–Crippen MR) is 180 cm³/mol. The first-order chi connectivity index (χ1) is 19.7. The van der Waals surface area contributed by atoms with Gasteiger partial charge in [-0.05, 0) is 122 Å². The van der Waals surface area contributed by atoms with Crippen molar-refractivity contribution in [2.45, 2.75) is 92.4 Å². The molecule has 1 aliphatic rings. The van der Waals surface area contributed by atoms with E-state index < -0.39 is 19.7 Å². The summed E-state index contributed by atoms with van der Waals surface area (Å²) in [6.45, 7) is 17.9. The standard InChI is InChI=1S/C37H49F3P2/c1-24(2)22-41(23-25(3)4)29(8)33-13-11-14-34(33)35-12-9-10-15-36(35)42(31-18-26(5)16-27(6)19-31)32-20-28(7)17-30(21-32)37(38,39)40/h9-10,12,15-21,24-25,29,33-34H,11,13-14,22-23H2,1-8H3/t29-,33?,34?,42?/m1/s1. The molecule has 0 spiro atoms. The molecule has 0 radical (unpaired) electrons. The Kier molecular flexibility index (Phi) is 11.0. The van der Waals surface area contributed by atoms with Gasteiger partial charge in [0.05, 0.1) is 5.56 Å². The summed E-state index contributed by atoms with van der Waals surface area (Å²) in [4.78, 5) is 0. The van der Waals surface area contributed by atoms with E-state index in [4.69, 9.17) is 0 Å². The number of hydrogen-bond donors (Lipinski definition) is 0. The number of benzene rings is 3. The quantitative estimate of drug-likeness (QED) is 0.200. The molecule has 3 aromatic carbocycles. The molecule has 3 unspecified atom stereocenters. The molecule has 0 heterocycles. The van der Waals surface area contributed by atoms with Gasteiger partial charge in [0.2, 0.25) is 0 Å². The minimum absolute atomic E-state index is 0.0915. The van der Waals surface area contributed by atoms with Crippen molar-refractivity contribution in [2.24, 2.45) is 17.8 Å². The average Bonchev–Trinajstić information content (AvgIpc) is 3.36. The molecular formula is C37H49F3P2. The van der Waals surface area contributed by atoms with Crippen LogP contribution in [-0.2, 0) is 6.18 Å². The second kappa shape index (κ2) is 13.9. The lowest BCUT2D eigenvalue weighted by molar-refractivity contribution is -0.137. The maximum absolute atomic E-state index is 14.1. The summed E-state index contributed by atoms with van der Waals surface area (Å²) >= 11 is 0. The number of aryl methyl sites for hydroxylation is 3. The van der Waals surface area contributed by atoms with E-state index in [2.05, 4.69) is 90.9 Å². The van der Waals surface area contributed by atoms with E-state index in [1.807, 2.05) is 6.07 Å². The number of alkyl halides is 3. The van der Waals surface area contributed by atoms with Crippen LogP contribution in [0.5, 0.6) is 0 Å². The van der Waals surface area contributed by atoms with Crippen LogP contribution in [0.2, 0.25) is 0 Å². The van der Waals surface area contributed by atoms with Gasteiger partial charge in [0.1, 0.15) is 0 Å². The van der Waals surface area contributed by atoms with E-state index in [-0.39, 0.29) is 7.92 Å². The van der Waals surface area contributed by atoms with Crippen molar-refractivity contribution in [3.8, 4) is 0 Å². The van der Waals surface area contributed by atoms with Gasteiger partial charge in [-0.15, -0.1) is 7.92 Å². The van der Waals surface area contributed by atoms with E-state index in [1.54, 1.807) is 6.92 Å². The first-order valence-corrected chi connectivity index (χ1v) is 18.8. The van der Waals surface area contributed by atoms with Gasteiger partial charge in [0.15, 0.2) is 0 Å². The van der Waals surface area contributed by atoms with Crippen LogP contribution in [0, 0.1) is 38.5 Å². The van der Waals surface area contributed by atoms with Crippen LogP contribution in [0.1, 0.15) is 87.6 Å². The van der Waals surface area contributed by atoms with Gasteiger partial charge in [-0.25, -0.2) is 0 Å². The third kappa shape index (κ3) is 8.07. The van der Waals surface area contributed by atoms with Crippen molar-refractivity contribution < 1.29 is 13.2 Å². The molecule has 0 saturated heterocycles. The van der Waals surface area contributed by atoms with Gasteiger partial charge in [-0.3, -0.25) is 0 Å². The van der Waals surface area contributed by atoms with E-state index in [0.717, 1.165) is 28.2 Å². The van der Waals surface area contributed by atoms with Gasteiger partial charge in [0.25, 0.3) is 0 Å². The molecule has 4 rings (SSSR count). The Bertz CT molecular complexity index is 1310. The van der Waals surface area contributed by atoms with Crippen LogP contribution in [0.4, 0.5) is 13.2 Å². The third-order valence-corrected chi connectivity index (χ3v) is 15.0. The Morgan fingerprint density at radius 1 is 0.738 bits per heavy atom. The number of halogens is 3. The van der Waals surface area contributed by atoms with Crippen LogP contribution in [0.3, 0.4) is 0 Å². The lowest BCUT2D eigenvalue weighted by atomic mass is 9.87. The normalized spacial score (nSPS) is 19.2. The van der Waals surface area contributed by atoms with Gasteiger partial charge >= 0.3 is 6.18 Å². The molecule has 0 bridgehead atoms. The zero-order chi connectivity index (χ0) is 30.8. The zero-order valence-electron chi connectivity index (χ0n) is 26.7. The average molecular weight is 613 g/mol. The Morgan fingerprint density at radius 2 is 1.29 bits per heavy atom. The Hall–Kier alpha value is -1.69. The monoisotopic (exact) mass is 612 g/mol. The van der Waals surface area contributed by atoms with Gasteiger partial charge in [-0.2, -0.15) is 13.2 Å². The molecule has 1 fully saturated rings. The largest absolute Gasteiger partial charge is 0.416 e. The third-order valence-electron chi connectivity index (χ3n) is 8.65. The van der Waals surface area contributed by atoms with E-state index in [0.29, 0.717) is 34.9 Å². The summed E-state index contributed by atoms with van der Waals surface area (Å²) in [5.41, 5.74) is 4.46. The van der Waals surface area contributed by atoms with E-state index in [9.17, 15) is 13.2 Å². The van der Waals surface area contributed by atoms with Gasteiger partial charge in [0, 0.05) is 0 Å². The number of rotatable bonds is 10. The fourth-order valence-electron chi connectivity index (χ4n) is 7.14. The second-order valence-corrected chi connectivity index (χ2v) is 18.4. The molecule has 1 aliphatic carbocycles. The van der Waals surface area contributed by atoms with Gasteiger partial charge < -0.3 is 0 Å². The van der Waals surface area contributed by atoms with Gasteiger partial charge in [-0.1, -0.05) is 101 Å². The highest BCUT2D eigenvalue weighted by Gasteiger charge is 2.38. The molecule has 5 heteroatoms. The van der Waals surface area contributed by atoms with E-state index >= 15 is 0 Å². The molecular weight excluding hydrogens is 563 g/mol. The lowest BCUT2D eigenvalue weighted by Crippen LogP contribution is -2.29. The molecule has 4 atom stereocenters. The fourth-order valence-corrected chi connectivity index (χ4v) is 13.6. The predicted octanol–water partition coefficient (Wildman–Crippen LogP) is 10.5. The molecule has 42 heavy (non-hydrogen) atoms. The highest BCUT2D eigenvalue weighted by Crippen LogP contribution is 2.55. The molecule has 1 saturated carbocycles. The van der Waals surface area contributed by atoms with Crippen molar-refractivity contribution in [2.75, 3.05) is 12.3 Å². The Morgan fingerprint density at radius 3 is 1.86 bits per heavy atom. The molecule has 0 N–H and O–H groups in total. The molecule has 0 amide bonds. The fraction of sp³-hybridized carbons (Fsp3) is 0.514. The first kappa shape index (κ1) is 33.2. The Balaban J connectivity index is 1.86. The second-order valence-electron chi connectivity index (χ2n) is 13.5. The minimum Gasteiger partial charge on any atom is -0.166 e. The van der Waals surface area contributed by atoms with Crippen molar-refractivity contribution >= 4 is 31.8 Å². The SMILES string of the molecule is Cc1cc(C)cc(P(c2cc(C)cc(C(F)(F)F)c2)c2ccccc2C2CCCC2[C@@H](C)P(CC(C)C)CC(C)C)c1. The van der Waals surface area contributed by atoms with Crippen LogP contribution in [-0.4, -0.2) is 18.0 Å².